The van der Waals surface area contributed by atoms with Gasteiger partial charge in [0.05, 0.1) is 17.2 Å². The van der Waals surface area contributed by atoms with Crippen LogP contribution in [-0.2, 0) is 13.1 Å². The molecule has 1 N–H and O–H groups in total. The third-order valence-corrected chi connectivity index (χ3v) is 4.78. The quantitative estimate of drug-likeness (QED) is 0.697. The summed E-state index contributed by atoms with van der Waals surface area (Å²) in [7, 11) is 3.87. The van der Waals surface area contributed by atoms with E-state index in [0.29, 0.717) is 0 Å². The van der Waals surface area contributed by atoms with Crippen LogP contribution in [0, 0.1) is 13.8 Å². The molecule has 4 nitrogen and oxygen atoms in total. The number of aliphatic imine (C=N–C) groups is 1. The van der Waals surface area contributed by atoms with E-state index >= 15 is 0 Å². The van der Waals surface area contributed by atoms with Gasteiger partial charge in [-0.25, -0.2) is 4.98 Å². The lowest BCUT2D eigenvalue weighted by Gasteiger charge is -2.21. The Bertz CT molecular complexity index is 572. The molecule has 2 rings (SSSR count). The Balaban J connectivity index is 1.94. The summed E-state index contributed by atoms with van der Waals surface area (Å²) >= 11 is 3.46. The lowest BCUT2D eigenvalue weighted by Crippen LogP contribution is -2.37. The minimum Gasteiger partial charge on any atom is -0.351 e. The molecular weight excluding hydrogens is 288 g/mol. The Morgan fingerprint density at radius 2 is 2.25 bits per heavy atom. The van der Waals surface area contributed by atoms with Crippen molar-refractivity contribution in [2.45, 2.75) is 26.9 Å². The van der Waals surface area contributed by atoms with Crippen molar-refractivity contribution < 1.29 is 0 Å². The lowest BCUT2D eigenvalue weighted by molar-refractivity contribution is 0.477. The van der Waals surface area contributed by atoms with Crippen LogP contribution in [0.25, 0.3) is 0 Å². The zero-order valence-electron chi connectivity index (χ0n) is 12.3. The zero-order valence-corrected chi connectivity index (χ0v) is 13.9. The Morgan fingerprint density at radius 3 is 2.80 bits per heavy atom. The maximum atomic E-state index is 4.45. The SMILES string of the molecule is CN=C(NCc1sc(C)nc1C)N(C)Cc1ccsc1. The Labute approximate surface area is 128 Å². The first-order chi connectivity index (χ1) is 9.60. The van der Waals surface area contributed by atoms with Gasteiger partial charge in [0.1, 0.15) is 0 Å². The molecule has 0 fully saturated rings. The van der Waals surface area contributed by atoms with Crippen LogP contribution in [0.4, 0.5) is 0 Å². The molecule has 2 aromatic heterocycles. The number of thiophene rings is 1. The van der Waals surface area contributed by atoms with Gasteiger partial charge in [-0.1, -0.05) is 0 Å². The van der Waals surface area contributed by atoms with Gasteiger partial charge in [0.25, 0.3) is 0 Å². The number of hydrogen-bond acceptors (Lipinski definition) is 4. The van der Waals surface area contributed by atoms with Crippen molar-refractivity contribution in [1.82, 2.24) is 15.2 Å². The summed E-state index contributed by atoms with van der Waals surface area (Å²) in [6.07, 6.45) is 0. The largest absolute Gasteiger partial charge is 0.351 e. The fourth-order valence-electron chi connectivity index (χ4n) is 2.01. The van der Waals surface area contributed by atoms with E-state index in [2.05, 4.69) is 51.0 Å². The summed E-state index contributed by atoms with van der Waals surface area (Å²) in [5.74, 6) is 0.904. The number of hydrogen-bond donors (Lipinski definition) is 1. The minimum atomic E-state index is 0.776. The maximum Gasteiger partial charge on any atom is 0.193 e. The van der Waals surface area contributed by atoms with E-state index in [1.54, 1.807) is 22.7 Å². The van der Waals surface area contributed by atoms with Crippen LogP contribution < -0.4 is 5.32 Å². The molecule has 0 radical (unpaired) electrons. The first-order valence-corrected chi connectivity index (χ1v) is 8.22. The third kappa shape index (κ3) is 3.80. The summed E-state index contributed by atoms with van der Waals surface area (Å²) in [5.41, 5.74) is 2.42. The van der Waals surface area contributed by atoms with Crippen molar-refractivity contribution >= 4 is 28.6 Å². The molecule has 0 atom stereocenters. The molecule has 0 amide bonds. The van der Waals surface area contributed by atoms with Gasteiger partial charge in [-0.05, 0) is 36.2 Å². The van der Waals surface area contributed by atoms with E-state index in [-0.39, 0.29) is 0 Å². The van der Waals surface area contributed by atoms with Gasteiger partial charge in [-0.2, -0.15) is 11.3 Å². The van der Waals surface area contributed by atoms with Crippen molar-refractivity contribution in [1.29, 1.82) is 0 Å². The Hall–Kier alpha value is -1.40. The summed E-state index contributed by atoms with van der Waals surface area (Å²) < 4.78 is 0. The predicted molar refractivity (Wildman–Crippen MR) is 87.6 cm³/mol. The highest BCUT2D eigenvalue weighted by molar-refractivity contribution is 7.11. The highest BCUT2D eigenvalue weighted by Gasteiger charge is 2.09. The number of aryl methyl sites for hydroxylation is 2. The van der Waals surface area contributed by atoms with Crippen LogP contribution in [-0.4, -0.2) is 29.9 Å². The number of nitrogens with one attached hydrogen (secondary N) is 1. The van der Waals surface area contributed by atoms with E-state index in [1.165, 1.54) is 10.4 Å². The summed E-state index contributed by atoms with van der Waals surface area (Å²) in [6.45, 7) is 5.74. The molecule has 0 bridgehead atoms. The molecule has 0 aliphatic rings. The third-order valence-electron chi connectivity index (χ3n) is 2.98. The molecule has 108 valence electrons. The molecule has 6 heteroatoms. The van der Waals surface area contributed by atoms with Gasteiger partial charge in [0.15, 0.2) is 5.96 Å². The second kappa shape index (κ2) is 6.85. The molecule has 0 saturated carbocycles. The van der Waals surface area contributed by atoms with E-state index in [1.807, 2.05) is 14.0 Å². The maximum absolute atomic E-state index is 4.45. The monoisotopic (exact) mass is 308 g/mol. The van der Waals surface area contributed by atoms with E-state index < -0.39 is 0 Å². The van der Waals surface area contributed by atoms with Gasteiger partial charge >= 0.3 is 0 Å². The van der Waals surface area contributed by atoms with Crippen LogP contribution in [0.2, 0.25) is 0 Å². The number of thiazole rings is 1. The average Bonchev–Trinajstić information content (AvgIpc) is 3.00. The van der Waals surface area contributed by atoms with Crippen molar-refractivity contribution in [2.75, 3.05) is 14.1 Å². The fraction of sp³-hybridized carbons (Fsp3) is 0.429. The lowest BCUT2D eigenvalue weighted by atomic mass is 10.3. The molecule has 0 saturated heterocycles. The first-order valence-electron chi connectivity index (χ1n) is 6.46. The van der Waals surface area contributed by atoms with Gasteiger partial charge in [-0.15, -0.1) is 11.3 Å². The zero-order chi connectivity index (χ0) is 14.5. The molecule has 0 aliphatic carbocycles. The molecule has 2 aromatic rings. The van der Waals surface area contributed by atoms with Crippen LogP contribution in [0.1, 0.15) is 21.1 Å². The molecule has 0 aromatic carbocycles. The van der Waals surface area contributed by atoms with Crippen LogP contribution in [0.15, 0.2) is 21.8 Å². The molecule has 0 unspecified atom stereocenters. The van der Waals surface area contributed by atoms with Crippen LogP contribution >= 0.6 is 22.7 Å². The van der Waals surface area contributed by atoms with Gasteiger partial charge in [0.2, 0.25) is 0 Å². The Morgan fingerprint density at radius 1 is 1.45 bits per heavy atom. The highest BCUT2D eigenvalue weighted by atomic mass is 32.1. The number of guanidine groups is 1. The Kier molecular flexibility index (Phi) is 5.14. The standard InChI is InChI=1S/C14H20N4S2/c1-10-13(20-11(2)17-10)7-16-14(15-3)18(4)8-12-5-6-19-9-12/h5-6,9H,7-8H2,1-4H3,(H,15,16). The van der Waals surface area contributed by atoms with Gasteiger partial charge in [0, 0.05) is 25.5 Å². The molecular formula is C14H20N4S2. The van der Waals surface area contributed by atoms with Crippen LogP contribution in [0.3, 0.4) is 0 Å². The molecule has 0 spiro atoms. The average molecular weight is 308 g/mol. The summed E-state index contributed by atoms with van der Waals surface area (Å²) in [4.78, 5) is 12.2. The molecule has 0 aliphatic heterocycles. The van der Waals surface area contributed by atoms with Crippen molar-refractivity contribution in [3.8, 4) is 0 Å². The fourth-order valence-corrected chi connectivity index (χ4v) is 3.55. The summed E-state index contributed by atoms with van der Waals surface area (Å²) in [5, 5.41) is 8.78. The van der Waals surface area contributed by atoms with Gasteiger partial charge < -0.3 is 10.2 Å². The summed E-state index contributed by atoms with van der Waals surface area (Å²) in [6, 6.07) is 2.14. The van der Waals surface area contributed by atoms with E-state index in [4.69, 9.17) is 0 Å². The molecule has 20 heavy (non-hydrogen) atoms. The first kappa shape index (κ1) is 15.0. The predicted octanol–water partition coefficient (Wildman–Crippen LogP) is 3.03. The van der Waals surface area contributed by atoms with E-state index in [0.717, 1.165) is 29.8 Å². The normalized spacial score (nSPS) is 11.7. The van der Waals surface area contributed by atoms with E-state index in [9.17, 15) is 0 Å². The highest BCUT2D eigenvalue weighted by Crippen LogP contribution is 2.16. The van der Waals surface area contributed by atoms with Crippen molar-refractivity contribution in [3.63, 3.8) is 0 Å². The van der Waals surface area contributed by atoms with Crippen molar-refractivity contribution in [2.24, 2.45) is 4.99 Å². The second-order valence-electron chi connectivity index (χ2n) is 4.63. The van der Waals surface area contributed by atoms with Crippen LogP contribution in [0.5, 0.6) is 0 Å². The number of rotatable bonds is 4. The number of nitrogens with zero attached hydrogens (tertiary/aromatic N) is 3. The smallest absolute Gasteiger partial charge is 0.193 e. The van der Waals surface area contributed by atoms with Gasteiger partial charge in [-0.3, -0.25) is 4.99 Å². The number of aromatic nitrogens is 1. The van der Waals surface area contributed by atoms with Crippen molar-refractivity contribution in [3.05, 3.63) is 38.0 Å². The second-order valence-corrected chi connectivity index (χ2v) is 6.70. The topological polar surface area (TPSA) is 40.5 Å². The minimum absolute atomic E-state index is 0.776. The molecule has 2 heterocycles.